The van der Waals surface area contributed by atoms with E-state index in [1.54, 1.807) is 32.0 Å². The van der Waals surface area contributed by atoms with Crippen LogP contribution in [0.15, 0.2) is 18.2 Å². The number of ether oxygens (including phenoxy) is 3. The van der Waals surface area contributed by atoms with Crippen LogP contribution in [0, 0.1) is 6.92 Å². The third-order valence-corrected chi connectivity index (χ3v) is 2.34. The molecule has 0 amide bonds. The van der Waals surface area contributed by atoms with Crippen LogP contribution >= 0.6 is 11.6 Å². The molecule has 1 aromatic rings. The highest BCUT2D eigenvalue weighted by Crippen LogP contribution is 2.21. The second-order valence-corrected chi connectivity index (χ2v) is 4.12. The maximum Gasteiger partial charge on any atom is 0.337 e. The average Bonchev–Trinajstić information content (AvgIpc) is 2.33. The molecule has 0 aliphatic heterocycles. The summed E-state index contributed by atoms with van der Waals surface area (Å²) in [7, 11) is 0. The summed E-state index contributed by atoms with van der Waals surface area (Å²) in [4.78, 5) is 22.4. The molecule has 0 heterocycles. The topological polar surface area (TPSA) is 61.8 Å². The van der Waals surface area contributed by atoms with Crippen molar-refractivity contribution in [1.29, 1.82) is 0 Å². The molecule has 0 atom stereocenters. The predicted molar refractivity (Wildman–Crippen MR) is 69.3 cm³/mol. The highest BCUT2D eigenvalue weighted by Gasteiger charge is 2.09. The molecule has 1 aromatic carbocycles. The largest absolute Gasteiger partial charge is 0.464 e. The van der Waals surface area contributed by atoms with E-state index in [-0.39, 0.29) is 19.8 Å². The number of rotatable bonds is 6. The first kappa shape index (κ1) is 15.5. The summed E-state index contributed by atoms with van der Waals surface area (Å²) in [6.45, 7) is 3.14. The first-order valence-corrected chi connectivity index (χ1v) is 6.11. The third kappa shape index (κ3) is 5.72. The van der Waals surface area contributed by atoms with E-state index < -0.39 is 11.9 Å². The highest BCUT2D eigenvalue weighted by atomic mass is 35.5. The van der Waals surface area contributed by atoms with E-state index in [2.05, 4.69) is 4.74 Å². The van der Waals surface area contributed by atoms with Crippen molar-refractivity contribution in [2.24, 2.45) is 0 Å². The molecule has 0 radical (unpaired) electrons. The molecule has 0 bridgehead atoms. The van der Waals surface area contributed by atoms with Gasteiger partial charge >= 0.3 is 11.9 Å². The molecular formula is C13H15ClO5. The second-order valence-electron chi connectivity index (χ2n) is 3.68. The lowest BCUT2D eigenvalue weighted by Crippen LogP contribution is -2.20. The van der Waals surface area contributed by atoms with Gasteiger partial charge in [0.1, 0.15) is 19.0 Å². The van der Waals surface area contributed by atoms with Crippen molar-refractivity contribution in [3.8, 4) is 5.75 Å². The molecule has 0 unspecified atom stereocenters. The summed E-state index contributed by atoms with van der Waals surface area (Å²) < 4.78 is 14.6. The van der Waals surface area contributed by atoms with Gasteiger partial charge in [-0.25, -0.2) is 9.59 Å². The Morgan fingerprint density at radius 3 is 2.53 bits per heavy atom. The van der Waals surface area contributed by atoms with E-state index in [1.807, 2.05) is 0 Å². The Morgan fingerprint density at radius 1 is 1.21 bits per heavy atom. The van der Waals surface area contributed by atoms with E-state index in [1.165, 1.54) is 0 Å². The van der Waals surface area contributed by atoms with Crippen LogP contribution in [0.1, 0.15) is 12.5 Å². The maximum absolute atomic E-state index is 11.5. The molecule has 6 heteroatoms. The number of hydrogen-bond donors (Lipinski definition) is 0. The lowest BCUT2D eigenvalue weighted by molar-refractivity contribution is -0.151. The number of carbonyl (C=O) groups is 2. The van der Waals surface area contributed by atoms with Crippen LogP contribution in [-0.4, -0.2) is 31.8 Å². The second kappa shape index (κ2) is 7.76. The molecular weight excluding hydrogens is 272 g/mol. The van der Waals surface area contributed by atoms with Gasteiger partial charge in [0.05, 0.1) is 6.61 Å². The van der Waals surface area contributed by atoms with Gasteiger partial charge in [-0.3, -0.25) is 0 Å². The van der Waals surface area contributed by atoms with Gasteiger partial charge in [-0.1, -0.05) is 11.6 Å². The summed E-state index contributed by atoms with van der Waals surface area (Å²) in [6, 6.07) is 4.90. The van der Waals surface area contributed by atoms with Crippen LogP contribution in [-0.2, 0) is 19.1 Å². The molecule has 0 spiro atoms. The molecule has 0 aliphatic carbocycles. The molecule has 104 valence electrons. The number of benzene rings is 1. The van der Waals surface area contributed by atoms with Crippen LogP contribution in [0.2, 0.25) is 5.02 Å². The zero-order valence-corrected chi connectivity index (χ0v) is 11.5. The van der Waals surface area contributed by atoms with E-state index in [9.17, 15) is 9.59 Å². The maximum atomic E-state index is 11.5. The minimum atomic E-state index is -0.588. The molecule has 0 aliphatic rings. The monoisotopic (exact) mass is 286 g/mol. The normalized spacial score (nSPS) is 10.1. The minimum Gasteiger partial charge on any atom is -0.464 e. The van der Waals surface area contributed by atoms with E-state index in [4.69, 9.17) is 21.1 Å². The first-order valence-electron chi connectivity index (χ1n) is 5.73. The Kier molecular flexibility index (Phi) is 6.32. The smallest absolute Gasteiger partial charge is 0.337 e. The molecule has 0 N–H and O–H groups in total. The molecule has 1 rings (SSSR count). The number of hydrogen-bond acceptors (Lipinski definition) is 5. The van der Waals surface area contributed by atoms with Gasteiger partial charge in [0, 0.05) is 5.02 Å². The molecule has 5 nitrogen and oxygen atoms in total. The Morgan fingerprint density at radius 2 is 1.89 bits per heavy atom. The van der Waals surface area contributed by atoms with Gasteiger partial charge < -0.3 is 14.2 Å². The molecule has 0 saturated carbocycles. The van der Waals surface area contributed by atoms with E-state index >= 15 is 0 Å². The van der Waals surface area contributed by atoms with Crippen molar-refractivity contribution in [2.45, 2.75) is 13.8 Å². The van der Waals surface area contributed by atoms with Crippen molar-refractivity contribution in [2.75, 3.05) is 19.8 Å². The van der Waals surface area contributed by atoms with Crippen LogP contribution in [0.4, 0.5) is 0 Å². The van der Waals surface area contributed by atoms with Crippen LogP contribution in [0.3, 0.4) is 0 Å². The Hall–Kier alpha value is -1.59. The first-order chi connectivity index (χ1) is 9.02. The Balaban J connectivity index is 2.37. The average molecular weight is 287 g/mol. The van der Waals surface area contributed by atoms with Crippen molar-refractivity contribution in [3.05, 3.63) is 28.8 Å². The summed E-state index contributed by atoms with van der Waals surface area (Å²) in [5.74, 6) is -0.693. The summed E-state index contributed by atoms with van der Waals surface area (Å²) >= 11 is 5.79. The minimum absolute atomic E-state index is 0.274. The van der Waals surface area contributed by atoms with Crippen LogP contribution in [0.25, 0.3) is 0 Å². The number of carbonyl (C=O) groups excluding carboxylic acids is 2. The lowest BCUT2D eigenvalue weighted by atomic mass is 10.2. The lowest BCUT2D eigenvalue weighted by Gasteiger charge is -2.08. The summed E-state index contributed by atoms with van der Waals surface area (Å²) in [5.41, 5.74) is 0.742. The van der Waals surface area contributed by atoms with E-state index in [0.29, 0.717) is 10.8 Å². The quantitative estimate of drug-likeness (QED) is 0.592. The van der Waals surface area contributed by atoms with Gasteiger partial charge in [0.25, 0.3) is 0 Å². The van der Waals surface area contributed by atoms with Crippen molar-refractivity contribution < 1.29 is 23.8 Å². The molecule has 0 saturated heterocycles. The van der Waals surface area contributed by atoms with Gasteiger partial charge in [-0.05, 0) is 37.6 Å². The fraction of sp³-hybridized carbons (Fsp3) is 0.385. The number of halogens is 1. The zero-order valence-electron chi connectivity index (χ0n) is 10.8. The summed E-state index contributed by atoms with van der Waals surface area (Å²) in [5, 5.41) is 0.566. The number of esters is 2. The highest BCUT2D eigenvalue weighted by molar-refractivity contribution is 6.30. The zero-order chi connectivity index (χ0) is 14.3. The Labute approximate surface area is 116 Å². The van der Waals surface area contributed by atoms with E-state index in [0.717, 1.165) is 5.56 Å². The Bertz CT molecular complexity index is 458. The van der Waals surface area contributed by atoms with Crippen LogP contribution < -0.4 is 4.74 Å². The van der Waals surface area contributed by atoms with Crippen molar-refractivity contribution >= 4 is 23.5 Å². The molecule has 0 aromatic heterocycles. The predicted octanol–water partition coefficient (Wildman–Crippen LogP) is 2.13. The molecule has 19 heavy (non-hydrogen) atoms. The van der Waals surface area contributed by atoms with Gasteiger partial charge in [-0.2, -0.15) is 0 Å². The van der Waals surface area contributed by atoms with Crippen molar-refractivity contribution in [1.82, 2.24) is 0 Å². The third-order valence-electron chi connectivity index (χ3n) is 2.11. The van der Waals surface area contributed by atoms with Gasteiger partial charge in [0.15, 0.2) is 0 Å². The standard InChI is InChI=1S/C13H15ClO5/c1-3-18-12(15)7-17-8-13(16)19-11-5-4-10(14)6-9(11)2/h4-6H,3,7-8H2,1-2H3. The van der Waals surface area contributed by atoms with Crippen molar-refractivity contribution in [3.63, 3.8) is 0 Å². The fourth-order valence-corrected chi connectivity index (χ4v) is 1.53. The fourth-order valence-electron chi connectivity index (χ4n) is 1.30. The number of aryl methyl sites for hydroxylation is 1. The SMILES string of the molecule is CCOC(=O)COCC(=O)Oc1ccc(Cl)cc1C. The van der Waals surface area contributed by atoms with Crippen LogP contribution in [0.5, 0.6) is 5.75 Å². The van der Waals surface area contributed by atoms with Gasteiger partial charge in [-0.15, -0.1) is 0 Å². The molecule has 0 fully saturated rings. The summed E-state index contributed by atoms with van der Waals surface area (Å²) in [6.07, 6.45) is 0. The van der Waals surface area contributed by atoms with Gasteiger partial charge in [0.2, 0.25) is 0 Å².